The summed E-state index contributed by atoms with van der Waals surface area (Å²) in [6, 6.07) is 9.89. The van der Waals surface area contributed by atoms with E-state index in [0.29, 0.717) is 11.3 Å². The third kappa shape index (κ3) is 4.14. The number of hydrogen-bond donors (Lipinski definition) is 1. The van der Waals surface area contributed by atoms with Crippen LogP contribution in [0.5, 0.6) is 5.75 Å². The summed E-state index contributed by atoms with van der Waals surface area (Å²) in [4.78, 5) is 6.22. The van der Waals surface area contributed by atoms with Crippen LogP contribution in [0.15, 0.2) is 47.5 Å². The van der Waals surface area contributed by atoms with E-state index >= 15 is 0 Å². The van der Waals surface area contributed by atoms with E-state index in [1.54, 1.807) is 19.3 Å². The highest BCUT2D eigenvalue weighted by atomic mass is 19.4. The average molecular weight is 394 g/mol. The van der Waals surface area contributed by atoms with Gasteiger partial charge in [0, 0.05) is 24.7 Å². The fourth-order valence-electron chi connectivity index (χ4n) is 2.71. The summed E-state index contributed by atoms with van der Waals surface area (Å²) < 4.78 is 47.3. The molecule has 0 aliphatic heterocycles. The summed E-state index contributed by atoms with van der Waals surface area (Å²) in [5, 5.41) is 10.9. The first-order chi connectivity index (χ1) is 13.0. The summed E-state index contributed by atoms with van der Waals surface area (Å²) in [7, 11) is 3.12. The van der Waals surface area contributed by atoms with Gasteiger partial charge in [0.2, 0.25) is 5.60 Å². The number of nitrogens with zero attached hydrogens (tertiary/aromatic N) is 2. The van der Waals surface area contributed by atoms with Gasteiger partial charge in [0.05, 0.1) is 19.1 Å². The van der Waals surface area contributed by atoms with Gasteiger partial charge in [0.1, 0.15) is 5.75 Å². The lowest BCUT2D eigenvalue weighted by Crippen LogP contribution is -2.43. The van der Waals surface area contributed by atoms with Gasteiger partial charge in [-0.25, -0.2) is 4.99 Å². The molecule has 1 atom stereocenters. The molecule has 0 aliphatic rings. The lowest BCUT2D eigenvalue weighted by molar-refractivity contribution is -0.248. The Morgan fingerprint density at radius 1 is 1.14 bits per heavy atom. The summed E-state index contributed by atoms with van der Waals surface area (Å²) in [5.74, 6) is -0.0892. The fourth-order valence-corrected chi connectivity index (χ4v) is 2.71. The van der Waals surface area contributed by atoms with E-state index in [2.05, 4.69) is 4.99 Å². The number of aryl methyl sites for hydroxylation is 1. The minimum atomic E-state index is -4.95. The van der Waals surface area contributed by atoms with Crippen molar-refractivity contribution in [1.29, 1.82) is 0 Å². The number of alkyl halides is 3. The standard InChI is InChI=1S/C21H25F3N2O2/c1-14(2)26(4)13-25-18-12-19(28-5)17(11-15(18)3)20(27,21(22,23)24)16-9-7-6-8-10-16/h6-14,27H,1-5H3/t20-/m0/s1. The van der Waals surface area contributed by atoms with E-state index in [0.717, 1.165) is 0 Å². The van der Waals surface area contributed by atoms with Gasteiger partial charge in [-0.05, 0) is 38.0 Å². The van der Waals surface area contributed by atoms with E-state index in [-0.39, 0.29) is 22.9 Å². The maximum Gasteiger partial charge on any atom is 0.425 e. The summed E-state index contributed by atoms with van der Waals surface area (Å²) in [6.45, 7) is 5.63. The zero-order valence-corrected chi connectivity index (χ0v) is 16.6. The minimum Gasteiger partial charge on any atom is -0.496 e. The highest BCUT2D eigenvalue weighted by molar-refractivity contribution is 5.66. The molecule has 0 saturated heterocycles. The van der Waals surface area contributed by atoms with Gasteiger partial charge in [-0.3, -0.25) is 0 Å². The molecule has 0 saturated carbocycles. The Labute approximate surface area is 163 Å². The molecule has 0 amide bonds. The smallest absolute Gasteiger partial charge is 0.425 e. The van der Waals surface area contributed by atoms with Crippen molar-refractivity contribution in [3.63, 3.8) is 0 Å². The largest absolute Gasteiger partial charge is 0.496 e. The van der Waals surface area contributed by atoms with E-state index in [1.165, 1.54) is 43.5 Å². The third-order valence-electron chi connectivity index (χ3n) is 4.70. The maximum atomic E-state index is 14.0. The summed E-state index contributed by atoms with van der Waals surface area (Å²) >= 11 is 0. The zero-order chi connectivity index (χ0) is 21.1. The molecule has 7 heteroatoms. The predicted octanol–water partition coefficient (Wildman–Crippen LogP) is 4.80. The molecule has 2 aromatic rings. The van der Waals surface area contributed by atoms with Gasteiger partial charge >= 0.3 is 6.18 Å². The second-order valence-corrected chi connectivity index (χ2v) is 6.92. The fraction of sp³-hybridized carbons (Fsp3) is 0.381. The number of rotatable bonds is 6. The molecule has 0 aliphatic carbocycles. The van der Waals surface area contributed by atoms with Crippen molar-refractivity contribution in [2.24, 2.45) is 4.99 Å². The molecule has 0 spiro atoms. The topological polar surface area (TPSA) is 45.1 Å². The third-order valence-corrected chi connectivity index (χ3v) is 4.70. The van der Waals surface area contributed by atoms with Crippen LogP contribution in [0.2, 0.25) is 0 Å². The molecule has 0 fully saturated rings. The predicted molar refractivity (Wildman–Crippen MR) is 104 cm³/mol. The molecule has 2 rings (SSSR count). The van der Waals surface area contributed by atoms with Crippen molar-refractivity contribution in [3.05, 3.63) is 59.2 Å². The Kier molecular flexibility index (Phi) is 6.39. The number of aliphatic imine (C=N–C) groups is 1. The maximum absolute atomic E-state index is 14.0. The SMILES string of the molecule is COc1cc(N=CN(C)C(C)C)c(C)cc1[C@@](O)(c1ccccc1)C(F)(F)F. The number of aliphatic hydroxyl groups is 1. The van der Waals surface area contributed by atoms with Crippen LogP contribution >= 0.6 is 0 Å². The van der Waals surface area contributed by atoms with Gasteiger partial charge in [-0.1, -0.05) is 30.3 Å². The van der Waals surface area contributed by atoms with Crippen LogP contribution in [-0.4, -0.2) is 42.7 Å². The summed E-state index contributed by atoms with van der Waals surface area (Å²) in [5.41, 5.74) is -2.91. The first-order valence-corrected chi connectivity index (χ1v) is 8.82. The van der Waals surface area contributed by atoms with Gasteiger partial charge in [-0.15, -0.1) is 0 Å². The molecular weight excluding hydrogens is 369 g/mol. The molecule has 0 aromatic heterocycles. The monoisotopic (exact) mass is 394 g/mol. The Morgan fingerprint density at radius 2 is 1.75 bits per heavy atom. The summed E-state index contributed by atoms with van der Waals surface area (Å²) in [6.07, 6.45) is -3.34. The minimum absolute atomic E-state index is 0.0892. The van der Waals surface area contributed by atoms with Crippen LogP contribution in [0.1, 0.15) is 30.5 Å². The van der Waals surface area contributed by atoms with Crippen molar-refractivity contribution >= 4 is 12.0 Å². The average Bonchev–Trinajstić information content (AvgIpc) is 2.65. The van der Waals surface area contributed by atoms with Gasteiger partial charge in [-0.2, -0.15) is 13.2 Å². The van der Waals surface area contributed by atoms with Crippen molar-refractivity contribution in [3.8, 4) is 5.75 Å². The first-order valence-electron chi connectivity index (χ1n) is 8.82. The zero-order valence-electron chi connectivity index (χ0n) is 16.6. The van der Waals surface area contributed by atoms with Crippen LogP contribution in [0.4, 0.5) is 18.9 Å². The van der Waals surface area contributed by atoms with Gasteiger partial charge in [0.15, 0.2) is 0 Å². The molecule has 0 bridgehead atoms. The lowest BCUT2D eigenvalue weighted by atomic mass is 9.84. The number of benzene rings is 2. The Bertz CT molecular complexity index is 836. The molecular formula is C21H25F3N2O2. The van der Waals surface area contributed by atoms with Crippen molar-refractivity contribution in [2.45, 2.75) is 38.6 Å². The number of halogens is 3. The van der Waals surface area contributed by atoms with Crippen LogP contribution < -0.4 is 4.74 Å². The molecule has 1 N–H and O–H groups in total. The molecule has 152 valence electrons. The van der Waals surface area contributed by atoms with Crippen molar-refractivity contribution < 1.29 is 23.0 Å². The molecule has 4 nitrogen and oxygen atoms in total. The van der Waals surface area contributed by atoms with Crippen molar-refractivity contribution in [2.75, 3.05) is 14.2 Å². The van der Waals surface area contributed by atoms with E-state index in [9.17, 15) is 18.3 Å². The van der Waals surface area contributed by atoms with Gasteiger partial charge < -0.3 is 14.7 Å². The van der Waals surface area contributed by atoms with Crippen molar-refractivity contribution in [1.82, 2.24) is 4.90 Å². The number of hydrogen-bond acceptors (Lipinski definition) is 3. The number of methoxy groups -OCH3 is 1. The van der Waals surface area contributed by atoms with Crippen LogP contribution in [0, 0.1) is 6.92 Å². The van der Waals surface area contributed by atoms with Crippen LogP contribution in [0.25, 0.3) is 0 Å². The quantitative estimate of drug-likeness (QED) is 0.565. The van der Waals surface area contributed by atoms with Crippen LogP contribution in [-0.2, 0) is 5.60 Å². The number of ether oxygens (including phenoxy) is 1. The molecule has 2 aromatic carbocycles. The van der Waals surface area contributed by atoms with Gasteiger partial charge in [0.25, 0.3) is 0 Å². The molecule has 0 heterocycles. The highest BCUT2D eigenvalue weighted by Gasteiger charge is 2.57. The van der Waals surface area contributed by atoms with E-state index in [4.69, 9.17) is 4.74 Å². The van der Waals surface area contributed by atoms with E-state index < -0.39 is 11.8 Å². The van der Waals surface area contributed by atoms with E-state index in [1.807, 2.05) is 25.8 Å². The second kappa shape index (κ2) is 8.22. The Hall–Kier alpha value is -2.54. The first kappa shape index (κ1) is 21.8. The lowest BCUT2D eigenvalue weighted by Gasteiger charge is -2.33. The highest BCUT2D eigenvalue weighted by Crippen LogP contribution is 2.48. The molecule has 28 heavy (non-hydrogen) atoms. The van der Waals surface area contributed by atoms with Crippen LogP contribution in [0.3, 0.4) is 0 Å². The second-order valence-electron chi connectivity index (χ2n) is 6.92. The Morgan fingerprint density at radius 3 is 2.25 bits per heavy atom. The molecule has 0 unspecified atom stereocenters. The molecule has 0 radical (unpaired) electrons. The Balaban J connectivity index is 2.65. The normalized spacial score (nSPS) is 14.4.